The molecule has 0 saturated carbocycles. The first kappa shape index (κ1) is 22.2. The molecule has 0 spiro atoms. The van der Waals surface area contributed by atoms with E-state index in [-0.39, 0.29) is 10.8 Å². The number of pyridine rings is 1. The number of rotatable bonds is 5. The lowest BCUT2D eigenvalue weighted by molar-refractivity contribution is 0.371. The quantitative estimate of drug-likeness (QED) is 0.264. The first-order valence-corrected chi connectivity index (χ1v) is 12.9. The summed E-state index contributed by atoms with van der Waals surface area (Å²) in [7, 11) is 0. The van der Waals surface area contributed by atoms with Crippen LogP contribution in [0.3, 0.4) is 0 Å². The Bertz CT molecular complexity index is 1460. The molecule has 2 nitrogen and oxygen atoms in total. The van der Waals surface area contributed by atoms with Gasteiger partial charge >= 0.3 is 0 Å². The van der Waals surface area contributed by atoms with E-state index in [4.69, 9.17) is 9.40 Å². The van der Waals surface area contributed by atoms with Gasteiger partial charge in [0.25, 0.3) is 0 Å². The largest absolute Gasteiger partial charge is 0.459 e. The van der Waals surface area contributed by atoms with Gasteiger partial charge < -0.3 is 4.42 Å². The summed E-state index contributed by atoms with van der Waals surface area (Å²) in [5.74, 6) is 1.07. The van der Waals surface area contributed by atoms with Gasteiger partial charge in [-0.1, -0.05) is 65.8 Å². The maximum atomic E-state index is 6.35. The maximum absolute atomic E-state index is 6.35. The molecule has 0 N–H and O–H groups in total. The van der Waals surface area contributed by atoms with Crippen LogP contribution in [0.5, 0.6) is 0 Å². The normalized spacial score (nSPS) is 12.9. The Labute approximate surface area is 200 Å². The van der Waals surface area contributed by atoms with Crippen LogP contribution in [0, 0.1) is 5.41 Å². The van der Waals surface area contributed by atoms with E-state index in [2.05, 4.69) is 90.1 Å². The molecule has 0 aliphatic heterocycles. The minimum atomic E-state index is 0.133. The molecule has 0 unspecified atom stereocenters. The highest BCUT2D eigenvalue weighted by Gasteiger charge is 2.26. The second-order valence-corrected chi connectivity index (χ2v) is 11.8. The molecule has 33 heavy (non-hydrogen) atoms. The third-order valence-corrected chi connectivity index (χ3v) is 8.30. The Hall–Kier alpha value is -2.65. The van der Waals surface area contributed by atoms with Crippen molar-refractivity contribution in [2.45, 2.75) is 66.2 Å². The Morgan fingerprint density at radius 3 is 2.39 bits per heavy atom. The molecule has 2 aromatic carbocycles. The van der Waals surface area contributed by atoms with Gasteiger partial charge in [-0.05, 0) is 64.3 Å². The van der Waals surface area contributed by atoms with Crippen LogP contribution in [0.2, 0.25) is 0 Å². The molecule has 0 aliphatic rings. The van der Waals surface area contributed by atoms with E-state index in [1.54, 1.807) is 11.3 Å². The number of hydrogen-bond donors (Lipinski definition) is 0. The molecule has 170 valence electrons. The lowest BCUT2D eigenvalue weighted by Crippen LogP contribution is -2.20. The zero-order valence-electron chi connectivity index (χ0n) is 20.6. The summed E-state index contributed by atoms with van der Waals surface area (Å²) < 4.78 is 8.78. The summed E-state index contributed by atoms with van der Waals surface area (Å²) in [5, 5.41) is 3.81. The van der Waals surface area contributed by atoms with Crippen molar-refractivity contribution >= 4 is 42.5 Å². The number of fused-ring (bicyclic) bond motifs is 4. The number of furan rings is 1. The van der Waals surface area contributed by atoms with E-state index in [1.165, 1.54) is 36.7 Å². The standard InChI is InChI=1S/C30H33NOS/c1-7-30(6,8-2)24-16-20(15-19-11-9-10-12-22(19)24)26-28-23(13-14-31-26)27-25(33-28)17-21(32-27)18-29(3,4)5/h9-17H,7-8,18H2,1-6H3. The van der Waals surface area contributed by atoms with Crippen molar-refractivity contribution in [2.75, 3.05) is 0 Å². The van der Waals surface area contributed by atoms with Crippen LogP contribution in [-0.4, -0.2) is 4.98 Å². The summed E-state index contributed by atoms with van der Waals surface area (Å²) in [6.07, 6.45) is 5.09. The number of thiophene rings is 1. The molecular formula is C30H33NOS. The van der Waals surface area contributed by atoms with Gasteiger partial charge in [0.05, 0.1) is 15.1 Å². The third kappa shape index (κ3) is 3.87. The van der Waals surface area contributed by atoms with Crippen LogP contribution in [0.4, 0.5) is 0 Å². The first-order chi connectivity index (χ1) is 15.7. The van der Waals surface area contributed by atoms with E-state index in [0.717, 1.165) is 36.3 Å². The van der Waals surface area contributed by atoms with E-state index in [9.17, 15) is 0 Å². The monoisotopic (exact) mass is 455 g/mol. The van der Waals surface area contributed by atoms with E-state index in [1.807, 2.05) is 6.20 Å². The fraction of sp³-hybridized carbons (Fsp3) is 0.367. The summed E-state index contributed by atoms with van der Waals surface area (Å²) in [6, 6.07) is 17.8. The smallest absolute Gasteiger partial charge is 0.153 e. The topological polar surface area (TPSA) is 26.0 Å². The fourth-order valence-corrected chi connectivity index (χ4v) is 6.11. The minimum absolute atomic E-state index is 0.133. The van der Waals surface area contributed by atoms with Gasteiger partial charge in [-0.3, -0.25) is 4.98 Å². The van der Waals surface area contributed by atoms with Crippen molar-refractivity contribution in [3.8, 4) is 11.3 Å². The van der Waals surface area contributed by atoms with Crippen LogP contribution < -0.4 is 0 Å². The second kappa shape index (κ2) is 7.99. The molecule has 0 bridgehead atoms. The molecule has 3 aromatic heterocycles. The number of nitrogens with zero attached hydrogens (tertiary/aromatic N) is 1. The zero-order chi connectivity index (χ0) is 23.4. The predicted octanol–water partition coefficient (Wildman–Crippen LogP) is 9.53. The van der Waals surface area contributed by atoms with Crippen molar-refractivity contribution < 1.29 is 4.42 Å². The number of hydrogen-bond acceptors (Lipinski definition) is 3. The van der Waals surface area contributed by atoms with Gasteiger partial charge in [-0.15, -0.1) is 11.3 Å². The molecule has 0 atom stereocenters. The maximum Gasteiger partial charge on any atom is 0.153 e. The van der Waals surface area contributed by atoms with Gasteiger partial charge in [-0.2, -0.15) is 0 Å². The highest BCUT2D eigenvalue weighted by atomic mass is 32.1. The first-order valence-electron chi connectivity index (χ1n) is 12.1. The molecule has 0 aliphatic carbocycles. The van der Waals surface area contributed by atoms with Gasteiger partial charge in [0.2, 0.25) is 0 Å². The summed E-state index contributed by atoms with van der Waals surface area (Å²) in [6.45, 7) is 13.7. The average Bonchev–Trinajstić information content (AvgIpc) is 3.33. The molecule has 5 rings (SSSR count). The molecular weight excluding hydrogens is 422 g/mol. The van der Waals surface area contributed by atoms with Crippen molar-refractivity contribution in [1.82, 2.24) is 4.98 Å². The highest BCUT2D eigenvalue weighted by molar-refractivity contribution is 7.26. The van der Waals surface area contributed by atoms with Crippen molar-refractivity contribution in [1.29, 1.82) is 0 Å². The van der Waals surface area contributed by atoms with Crippen LogP contribution in [0.15, 0.2) is 59.1 Å². The van der Waals surface area contributed by atoms with Gasteiger partial charge in [-0.25, -0.2) is 0 Å². The van der Waals surface area contributed by atoms with Gasteiger partial charge in [0, 0.05) is 23.6 Å². The number of aromatic nitrogens is 1. The van der Waals surface area contributed by atoms with E-state index >= 15 is 0 Å². The molecule has 0 saturated heterocycles. The van der Waals surface area contributed by atoms with Gasteiger partial charge in [0.15, 0.2) is 5.58 Å². The molecule has 0 radical (unpaired) electrons. The van der Waals surface area contributed by atoms with E-state index in [0.29, 0.717) is 0 Å². The van der Waals surface area contributed by atoms with Crippen LogP contribution in [0.1, 0.15) is 65.7 Å². The van der Waals surface area contributed by atoms with Gasteiger partial charge in [0.1, 0.15) is 5.76 Å². The van der Waals surface area contributed by atoms with Crippen molar-refractivity contribution in [3.05, 3.63) is 66.1 Å². The molecule has 0 fully saturated rings. The second-order valence-electron chi connectivity index (χ2n) is 10.8. The molecule has 0 amide bonds. The third-order valence-electron chi connectivity index (χ3n) is 7.16. The van der Waals surface area contributed by atoms with Crippen LogP contribution in [0.25, 0.3) is 42.4 Å². The predicted molar refractivity (Wildman–Crippen MR) is 143 cm³/mol. The Morgan fingerprint density at radius 2 is 1.67 bits per heavy atom. The Morgan fingerprint density at radius 1 is 0.909 bits per heavy atom. The highest BCUT2D eigenvalue weighted by Crippen LogP contribution is 2.43. The minimum Gasteiger partial charge on any atom is -0.459 e. The summed E-state index contributed by atoms with van der Waals surface area (Å²) in [5.41, 5.74) is 5.02. The van der Waals surface area contributed by atoms with Crippen LogP contribution in [-0.2, 0) is 11.8 Å². The Balaban J connectivity index is 1.72. The zero-order valence-corrected chi connectivity index (χ0v) is 21.4. The molecule has 3 heteroatoms. The lowest BCUT2D eigenvalue weighted by Gasteiger charge is -2.29. The van der Waals surface area contributed by atoms with Crippen LogP contribution >= 0.6 is 11.3 Å². The molecule has 5 aromatic rings. The summed E-state index contributed by atoms with van der Waals surface area (Å²) >= 11 is 1.80. The SMILES string of the molecule is CCC(C)(CC)c1cc(-c2nccc3c2sc2cc(CC(C)(C)C)oc23)cc2ccccc12. The summed E-state index contributed by atoms with van der Waals surface area (Å²) in [4.78, 5) is 4.88. The number of benzene rings is 2. The molecule has 3 heterocycles. The average molecular weight is 456 g/mol. The van der Waals surface area contributed by atoms with Crippen molar-refractivity contribution in [3.63, 3.8) is 0 Å². The fourth-order valence-electron chi connectivity index (χ4n) is 4.92. The van der Waals surface area contributed by atoms with E-state index < -0.39 is 0 Å². The Kier molecular flexibility index (Phi) is 5.36. The lowest BCUT2D eigenvalue weighted by atomic mass is 9.75. The van der Waals surface area contributed by atoms with Crippen molar-refractivity contribution in [2.24, 2.45) is 5.41 Å².